The molecule has 170 valence electrons. The molecule has 0 fully saturated rings. The molecule has 1 aromatic carbocycles. The zero-order valence-electron chi connectivity index (χ0n) is 18.3. The van der Waals surface area contributed by atoms with E-state index in [1.54, 1.807) is 12.3 Å². The zero-order chi connectivity index (χ0) is 23.4. The number of allylic oxidation sites excluding steroid dienone is 1. The summed E-state index contributed by atoms with van der Waals surface area (Å²) in [6.07, 6.45) is 4.10. The molecule has 0 aliphatic carbocycles. The van der Waals surface area contributed by atoms with Crippen molar-refractivity contribution >= 4 is 23.2 Å². The SMILES string of the molecule is C=CC(=O)CCc1cc2c(cn1)CN(c1c(F)c(OC)cc(OC)c1F)C(=O)N2CCC. The third kappa shape index (κ3) is 4.28. The van der Waals surface area contributed by atoms with Gasteiger partial charge in [-0.3, -0.25) is 19.6 Å². The Bertz CT molecular complexity index is 1030. The maximum absolute atomic E-state index is 15.1. The van der Waals surface area contributed by atoms with Crippen LogP contribution in [0.5, 0.6) is 11.5 Å². The number of urea groups is 1. The van der Waals surface area contributed by atoms with Gasteiger partial charge in [0.25, 0.3) is 0 Å². The van der Waals surface area contributed by atoms with E-state index in [1.807, 2.05) is 6.92 Å². The molecule has 1 aliphatic heterocycles. The van der Waals surface area contributed by atoms with Crippen molar-refractivity contribution in [2.24, 2.45) is 0 Å². The molecule has 9 heteroatoms. The van der Waals surface area contributed by atoms with Gasteiger partial charge < -0.3 is 9.47 Å². The number of rotatable bonds is 9. The van der Waals surface area contributed by atoms with E-state index in [0.29, 0.717) is 36.3 Å². The molecule has 0 saturated heterocycles. The Hall–Kier alpha value is -3.49. The average molecular weight is 445 g/mol. The van der Waals surface area contributed by atoms with Crippen LogP contribution in [0.4, 0.5) is 25.0 Å². The fourth-order valence-electron chi connectivity index (χ4n) is 3.59. The van der Waals surface area contributed by atoms with Crippen molar-refractivity contribution in [3.05, 3.63) is 53.9 Å². The summed E-state index contributed by atoms with van der Waals surface area (Å²) >= 11 is 0. The van der Waals surface area contributed by atoms with Gasteiger partial charge in [-0.1, -0.05) is 13.5 Å². The van der Waals surface area contributed by atoms with Crippen molar-refractivity contribution in [3.63, 3.8) is 0 Å². The van der Waals surface area contributed by atoms with E-state index >= 15 is 8.78 Å². The minimum atomic E-state index is -0.994. The predicted molar refractivity (Wildman–Crippen MR) is 116 cm³/mol. The topological polar surface area (TPSA) is 72.0 Å². The minimum Gasteiger partial charge on any atom is -0.493 e. The number of carbonyl (C=O) groups is 2. The van der Waals surface area contributed by atoms with Gasteiger partial charge in [0.05, 0.1) is 26.5 Å². The fraction of sp³-hybridized carbons (Fsp3) is 0.348. The average Bonchev–Trinajstić information content (AvgIpc) is 2.80. The molecule has 3 rings (SSSR count). The second-order valence-corrected chi connectivity index (χ2v) is 7.25. The quantitative estimate of drug-likeness (QED) is 0.535. The maximum Gasteiger partial charge on any atom is 0.329 e. The van der Waals surface area contributed by atoms with Gasteiger partial charge in [-0.05, 0) is 25.0 Å². The van der Waals surface area contributed by atoms with Crippen LogP contribution in [0.25, 0.3) is 0 Å². The molecule has 0 radical (unpaired) electrons. The number of ether oxygens (including phenoxy) is 2. The maximum atomic E-state index is 15.1. The molecule has 2 heterocycles. The Morgan fingerprint density at radius 3 is 2.44 bits per heavy atom. The van der Waals surface area contributed by atoms with Crippen molar-refractivity contribution in [2.45, 2.75) is 32.7 Å². The second kappa shape index (κ2) is 9.76. The molecule has 0 spiro atoms. The van der Waals surface area contributed by atoms with Gasteiger partial charge in [0.1, 0.15) is 5.69 Å². The van der Waals surface area contributed by atoms with Crippen LogP contribution in [0.2, 0.25) is 0 Å². The summed E-state index contributed by atoms with van der Waals surface area (Å²) in [5, 5.41) is 0. The van der Waals surface area contributed by atoms with E-state index in [4.69, 9.17) is 9.47 Å². The molecule has 2 amide bonds. The number of fused-ring (bicyclic) bond motifs is 1. The molecule has 2 aromatic rings. The number of halogens is 2. The number of anilines is 2. The molecule has 7 nitrogen and oxygen atoms in total. The largest absolute Gasteiger partial charge is 0.493 e. The van der Waals surface area contributed by atoms with Gasteiger partial charge in [0, 0.05) is 36.5 Å². The molecule has 0 unspecified atom stereocenters. The summed E-state index contributed by atoms with van der Waals surface area (Å²) < 4.78 is 40.2. The van der Waals surface area contributed by atoms with E-state index in [9.17, 15) is 9.59 Å². The molecule has 0 bridgehead atoms. The highest BCUT2D eigenvalue weighted by Crippen LogP contribution is 2.40. The van der Waals surface area contributed by atoms with Crippen molar-refractivity contribution in [1.82, 2.24) is 4.98 Å². The molecule has 1 aromatic heterocycles. The lowest BCUT2D eigenvalue weighted by atomic mass is 10.1. The summed E-state index contributed by atoms with van der Waals surface area (Å²) in [6, 6.07) is 2.26. The number of carbonyl (C=O) groups excluding carboxylic acids is 2. The van der Waals surface area contributed by atoms with E-state index in [2.05, 4.69) is 11.6 Å². The van der Waals surface area contributed by atoms with Crippen LogP contribution in [0.15, 0.2) is 31.0 Å². The molecule has 32 heavy (non-hydrogen) atoms. The van der Waals surface area contributed by atoms with Crippen LogP contribution in [0, 0.1) is 11.6 Å². The molecule has 0 N–H and O–H groups in total. The highest BCUT2D eigenvalue weighted by molar-refractivity contribution is 6.06. The Morgan fingerprint density at radius 2 is 1.88 bits per heavy atom. The van der Waals surface area contributed by atoms with Crippen molar-refractivity contribution < 1.29 is 27.8 Å². The molecular formula is C23H25F2N3O4. The van der Waals surface area contributed by atoms with Gasteiger partial charge in [-0.2, -0.15) is 0 Å². The zero-order valence-corrected chi connectivity index (χ0v) is 18.3. The number of aryl methyl sites for hydroxylation is 1. The molecule has 0 saturated carbocycles. The second-order valence-electron chi connectivity index (χ2n) is 7.25. The first-order chi connectivity index (χ1) is 15.4. The third-order valence-electron chi connectivity index (χ3n) is 5.22. The molecule has 0 atom stereocenters. The number of methoxy groups -OCH3 is 2. The van der Waals surface area contributed by atoms with Crippen LogP contribution in [-0.2, 0) is 17.8 Å². The number of pyridine rings is 1. The van der Waals surface area contributed by atoms with Crippen molar-refractivity contribution in [3.8, 4) is 11.5 Å². The van der Waals surface area contributed by atoms with Gasteiger partial charge in [-0.15, -0.1) is 0 Å². The normalized spacial score (nSPS) is 13.1. The van der Waals surface area contributed by atoms with Crippen LogP contribution in [0.1, 0.15) is 31.0 Å². The number of ketones is 1. The molecular weight excluding hydrogens is 420 g/mol. The van der Waals surface area contributed by atoms with E-state index in [0.717, 1.165) is 11.0 Å². The minimum absolute atomic E-state index is 0.0859. The summed E-state index contributed by atoms with van der Waals surface area (Å²) in [7, 11) is 2.50. The third-order valence-corrected chi connectivity index (χ3v) is 5.22. The smallest absolute Gasteiger partial charge is 0.329 e. The summed E-state index contributed by atoms with van der Waals surface area (Å²) in [5.41, 5.74) is 1.33. The lowest BCUT2D eigenvalue weighted by molar-refractivity contribution is -0.114. The summed E-state index contributed by atoms with van der Waals surface area (Å²) in [6.45, 7) is 5.60. The Balaban J connectivity index is 2.06. The number of aromatic nitrogens is 1. The Kier molecular flexibility index (Phi) is 7.07. The lowest BCUT2D eigenvalue weighted by Crippen LogP contribution is -2.48. The van der Waals surface area contributed by atoms with Crippen molar-refractivity contribution in [2.75, 3.05) is 30.6 Å². The van der Waals surface area contributed by atoms with E-state index in [1.165, 1.54) is 25.2 Å². The first kappa shape index (κ1) is 23.2. The van der Waals surface area contributed by atoms with Crippen LogP contribution < -0.4 is 19.3 Å². The summed E-state index contributed by atoms with van der Waals surface area (Å²) in [4.78, 5) is 31.8. The fourth-order valence-corrected chi connectivity index (χ4v) is 3.59. The highest BCUT2D eigenvalue weighted by atomic mass is 19.1. The predicted octanol–water partition coefficient (Wildman–Crippen LogP) is 4.42. The summed E-state index contributed by atoms with van der Waals surface area (Å²) in [5.74, 6) is -2.56. The van der Waals surface area contributed by atoms with Gasteiger partial charge in [0.15, 0.2) is 28.9 Å². The first-order valence-electron chi connectivity index (χ1n) is 10.2. The van der Waals surface area contributed by atoms with Gasteiger partial charge in [0.2, 0.25) is 0 Å². The number of hydrogen-bond acceptors (Lipinski definition) is 5. The monoisotopic (exact) mass is 445 g/mol. The molecule has 1 aliphatic rings. The van der Waals surface area contributed by atoms with Crippen LogP contribution >= 0.6 is 0 Å². The number of amides is 2. The van der Waals surface area contributed by atoms with Gasteiger partial charge in [-0.25, -0.2) is 13.6 Å². The number of nitrogens with zero attached hydrogens (tertiary/aromatic N) is 3. The van der Waals surface area contributed by atoms with E-state index < -0.39 is 23.4 Å². The first-order valence-corrected chi connectivity index (χ1v) is 10.2. The Labute approximate surface area is 185 Å². The van der Waals surface area contributed by atoms with E-state index in [-0.39, 0.29) is 30.2 Å². The highest BCUT2D eigenvalue weighted by Gasteiger charge is 2.36. The Morgan fingerprint density at radius 1 is 1.22 bits per heavy atom. The standard InChI is InChI=1S/C23H25F2N3O4/c1-5-9-27-17-10-15(7-8-16(29)6-2)26-12-14(17)13-28(23(27)30)22-20(24)18(31-3)11-19(32-4)21(22)25/h6,10-12H,2,5,7-9,13H2,1,3-4H3. The lowest BCUT2D eigenvalue weighted by Gasteiger charge is -2.37. The van der Waals surface area contributed by atoms with Crippen molar-refractivity contribution in [1.29, 1.82) is 0 Å². The number of hydrogen-bond donors (Lipinski definition) is 0. The van der Waals surface area contributed by atoms with Crippen LogP contribution in [-0.4, -0.2) is 37.6 Å². The van der Waals surface area contributed by atoms with Crippen LogP contribution in [0.3, 0.4) is 0 Å². The number of benzene rings is 1. The van der Waals surface area contributed by atoms with Gasteiger partial charge >= 0.3 is 6.03 Å².